The van der Waals surface area contributed by atoms with Crippen LogP contribution in [0.25, 0.3) is 0 Å². The highest BCUT2D eigenvalue weighted by Gasteiger charge is 2.21. The fourth-order valence-corrected chi connectivity index (χ4v) is 2.63. The number of hydrogen-bond acceptors (Lipinski definition) is 3. The number of rotatable bonds is 8. The Morgan fingerprint density at radius 3 is 2.28 bits per heavy atom. The van der Waals surface area contributed by atoms with Crippen molar-refractivity contribution in [3.8, 4) is 5.75 Å². The van der Waals surface area contributed by atoms with Crippen LogP contribution in [0, 0.1) is 6.92 Å². The predicted molar refractivity (Wildman–Crippen MR) is 94.4 cm³/mol. The Balaban J connectivity index is 2.21. The summed E-state index contributed by atoms with van der Waals surface area (Å²) in [6.45, 7) is 4.55. The monoisotopic (exact) mass is 342 g/mol. The van der Waals surface area contributed by atoms with Gasteiger partial charge in [-0.25, -0.2) is 4.79 Å². The highest BCUT2D eigenvalue weighted by molar-refractivity contribution is 5.87. The summed E-state index contributed by atoms with van der Waals surface area (Å²) in [6.07, 6.45) is 1.20. The molecule has 0 bridgehead atoms. The standard InChI is InChI=1S/C20H22O5/c1-3-10-25-18-9-8-16(11-13(18)2)17(20(23)24)12-14-4-6-15(7-5-14)19(21)22/h4-9,11,17H,3,10,12H2,1-2H3,(H,21,22)(H,23,24). The molecule has 0 amide bonds. The number of aryl methyl sites for hydroxylation is 1. The van der Waals surface area contributed by atoms with E-state index in [-0.39, 0.29) is 5.56 Å². The second-order valence-corrected chi connectivity index (χ2v) is 5.97. The van der Waals surface area contributed by atoms with Crippen LogP contribution in [-0.4, -0.2) is 28.8 Å². The van der Waals surface area contributed by atoms with Gasteiger partial charge in [0.2, 0.25) is 0 Å². The van der Waals surface area contributed by atoms with E-state index in [1.807, 2.05) is 26.0 Å². The summed E-state index contributed by atoms with van der Waals surface area (Å²) in [6, 6.07) is 11.7. The van der Waals surface area contributed by atoms with E-state index in [2.05, 4.69) is 0 Å². The number of ether oxygens (including phenoxy) is 1. The predicted octanol–water partition coefficient (Wildman–Crippen LogP) is 3.89. The molecule has 0 spiro atoms. The fourth-order valence-electron chi connectivity index (χ4n) is 2.63. The zero-order valence-electron chi connectivity index (χ0n) is 14.4. The van der Waals surface area contributed by atoms with Crippen LogP contribution in [0.2, 0.25) is 0 Å². The maximum Gasteiger partial charge on any atom is 0.335 e. The van der Waals surface area contributed by atoms with Crippen molar-refractivity contribution in [2.75, 3.05) is 6.61 Å². The highest BCUT2D eigenvalue weighted by atomic mass is 16.5. The topological polar surface area (TPSA) is 83.8 Å². The summed E-state index contributed by atoms with van der Waals surface area (Å²) >= 11 is 0. The van der Waals surface area contributed by atoms with Crippen LogP contribution < -0.4 is 4.74 Å². The largest absolute Gasteiger partial charge is 0.493 e. The number of carbonyl (C=O) groups is 2. The van der Waals surface area contributed by atoms with Gasteiger partial charge < -0.3 is 14.9 Å². The van der Waals surface area contributed by atoms with Crippen molar-refractivity contribution in [3.05, 3.63) is 64.7 Å². The number of benzene rings is 2. The van der Waals surface area contributed by atoms with Gasteiger partial charge in [-0.3, -0.25) is 4.79 Å². The number of hydrogen-bond donors (Lipinski definition) is 2. The molecule has 2 rings (SSSR count). The van der Waals surface area contributed by atoms with Crippen molar-refractivity contribution in [1.29, 1.82) is 0 Å². The third kappa shape index (κ3) is 4.83. The quantitative estimate of drug-likeness (QED) is 0.760. The van der Waals surface area contributed by atoms with Crippen LogP contribution in [0.3, 0.4) is 0 Å². The first-order chi connectivity index (χ1) is 11.9. The van der Waals surface area contributed by atoms with Crippen LogP contribution in [0.1, 0.15) is 46.3 Å². The van der Waals surface area contributed by atoms with Gasteiger partial charge in [-0.15, -0.1) is 0 Å². The summed E-state index contributed by atoms with van der Waals surface area (Å²) in [4.78, 5) is 22.6. The first-order valence-electron chi connectivity index (χ1n) is 8.20. The fraction of sp³-hybridized carbons (Fsp3) is 0.300. The summed E-state index contributed by atoms with van der Waals surface area (Å²) < 4.78 is 5.63. The van der Waals surface area contributed by atoms with Crippen molar-refractivity contribution in [2.24, 2.45) is 0 Å². The number of aliphatic carboxylic acids is 1. The maximum atomic E-state index is 11.7. The second kappa shape index (κ2) is 8.33. The lowest BCUT2D eigenvalue weighted by Gasteiger charge is -2.16. The molecule has 5 nitrogen and oxygen atoms in total. The van der Waals surface area contributed by atoms with Crippen molar-refractivity contribution >= 4 is 11.9 Å². The highest BCUT2D eigenvalue weighted by Crippen LogP contribution is 2.27. The Hall–Kier alpha value is -2.82. The molecule has 0 aliphatic rings. The van der Waals surface area contributed by atoms with Gasteiger partial charge in [0, 0.05) is 0 Å². The van der Waals surface area contributed by atoms with Crippen molar-refractivity contribution < 1.29 is 24.5 Å². The molecule has 0 aromatic heterocycles. The molecule has 0 aliphatic carbocycles. The van der Waals surface area contributed by atoms with E-state index in [9.17, 15) is 14.7 Å². The van der Waals surface area contributed by atoms with E-state index >= 15 is 0 Å². The van der Waals surface area contributed by atoms with Crippen molar-refractivity contribution in [3.63, 3.8) is 0 Å². The first-order valence-corrected chi connectivity index (χ1v) is 8.20. The zero-order valence-corrected chi connectivity index (χ0v) is 14.4. The minimum Gasteiger partial charge on any atom is -0.493 e. The summed E-state index contributed by atoms with van der Waals surface area (Å²) in [5, 5.41) is 18.5. The van der Waals surface area contributed by atoms with Gasteiger partial charge in [-0.1, -0.05) is 31.2 Å². The van der Waals surface area contributed by atoms with E-state index in [4.69, 9.17) is 9.84 Å². The Labute approximate surface area is 146 Å². The first kappa shape index (κ1) is 18.5. The Bertz CT molecular complexity index is 749. The van der Waals surface area contributed by atoms with Crippen LogP contribution in [0.5, 0.6) is 5.75 Å². The van der Waals surface area contributed by atoms with Gasteiger partial charge in [0.05, 0.1) is 18.1 Å². The molecule has 0 saturated carbocycles. The molecular formula is C20H22O5. The van der Waals surface area contributed by atoms with Crippen molar-refractivity contribution in [1.82, 2.24) is 0 Å². The Morgan fingerprint density at radius 2 is 1.76 bits per heavy atom. The van der Waals surface area contributed by atoms with E-state index in [0.29, 0.717) is 18.6 Å². The summed E-state index contributed by atoms with van der Waals surface area (Å²) in [5.41, 5.74) is 2.57. The van der Waals surface area contributed by atoms with Gasteiger partial charge in [0.25, 0.3) is 0 Å². The number of aromatic carboxylic acids is 1. The Kier molecular flexibility index (Phi) is 6.17. The molecule has 1 atom stereocenters. The van der Waals surface area contributed by atoms with E-state index < -0.39 is 17.9 Å². The van der Waals surface area contributed by atoms with Gasteiger partial charge in [0.15, 0.2) is 0 Å². The lowest BCUT2D eigenvalue weighted by Crippen LogP contribution is -2.15. The number of carboxylic acids is 2. The van der Waals surface area contributed by atoms with Crippen molar-refractivity contribution in [2.45, 2.75) is 32.6 Å². The third-order valence-electron chi connectivity index (χ3n) is 4.00. The average molecular weight is 342 g/mol. The lowest BCUT2D eigenvalue weighted by atomic mass is 9.90. The Morgan fingerprint density at radius 1 is 1.08 bits per heavy atom. The lowest BCUT2D eigenvalue weighted by molar-refractivity contribution is -0.138. The molecule has 5 heteroatoms. The van der Waals surface area contributed by atoms with Gasteiger partial charge in [-0.2, -0.15) is 0 Å². The normalized spacial score (nSPS) is 11.8. The minimum atomic E-state index is -1.00. The summed E-state index contributed by atoms with van der Waals surface area (Å²) in [5.74, 6) is -1.85. The average Bonchev–Trinajstić information content (AvgIpc) is 2.58. The molecule has 0 fully saturated rings. The molecule has 0 aliphatic heterocycles. The molecule has 1 unspecified atom stereocenters. The minimum absolute atomic E-state index is 0.184. The molecular weight excluding hydrogens is 320 g/mol. The van der Waals surface area contributed by atoms with E-state index in [0.717, 1.165) is 23.3 Å². The molecule has 132 valence electrons. The van der Waals surface area contributed by atoms with Crippen LogP contribution in [0.4, 0.5) is 0 Å². The maximum absolute atomic E-state index is 11.7. The second-order valence-electron chi connectivity index (χ2n) is 5.97. The van der Waals surface area contributed by atoms with Gasteiger partial charge in [0.1, 0.15) is 5.75 Å². The smallest absolute Gasteiger partial charge is 0.335 e. The molecule has 0 radical (unpaired) electrons. The molecule has 25 heavy (non-hydrogen) atoms. The van der Waals surface area contributed by atoms with E-state index in [1.54, 1.807) is 18.2 Å². The van der Waals surface area contributed by atoms with E-state index in [1.165, 1.54) is 12.1 Å². The molecule has 0 heterocycles. The van der Waals surface area contributed by atoms with Crippen LogP contribution >= 0.6 is 0 Å². The SMILES string of the molecule is CCCOc1ccc(C(Cc2ccc(C(=O)O)cc2)C(=O)O)cc1C. The summed E-state index contributed by atoms with van der Waals surface area (Å²) in [7, 11) is 0. The van der Waals surface area contributed by atoms with Crippen LogP contribution in [0.15, 0.2) is 42.5 Å². The van der Waals surface area contributed by atoms with Gasteiger partial charge >= 0.3 is 11.9 Å². The molecule has 2 aromatic rings. The zero-order chi connectivity index (χ0) is 18.4. The van der Waals surface area contributed by atoms with Gasteiger partial charge in [-0.05, 0) is 54.7 Å². The molecule has 0 saturated heterocycles. The molecule has 2 aromatic carbocycles. The third-order valence-corrected chi connectivity index (χ3v) is 4.00. The molecule has 2 N–H and O–H groups in total. The number of carboxylic acid groups (broad SMARTS) is 2. The van der Waals surface area contributed by atoms with Crippen LogP contribution in [-0.2, 0) is 11.2 Å².